The van der Waals surface area contributed by atoms with E-state index in [0.717, 1.165) is 22.8 Å². The van der Waals surface area contributed by atoms with Crippen LogP contribution < -0.4 is 10.6 Å². The van der Waals surface area contributed by atoms with E-state index in [0.29, 0.717) is 18.1 Å². The molecule has 0 saturated carbocycles. The number of amides is 1. The monoisotopic (exact) mass is 523 g/mol. The molecule has 38 heavy (non-hydrogen) atoms. The maximum atomic E-state index is 12.8. The van der Waals surface area contributed by atoms with E-state index in [1.165, 1.54) is 22.4 Å². The Morgan fingerprint density at radius 2 is 1.68 bits per heavy atom. The standard InChI is InChI=1S/C31H33N5OS/c1-20-11-10-12-21(2)29(20)36-22(3)19-25(23(36)4)30-28(26-15-8-9-17-32-26)34-31(38)35(30)18-16-27(37)33-24-13-6-5-7-14-24/h5-15,17,19,28,30H,16,18H2,1-4H3,(H,33,37)(H,34,38)/t28-,30-/m1/s1. The first kappa shape index (κ1) is 25.7. The minimum absolute atomic E-state index is 0.0416. The van der Waals surface area contributed by atoms with E-state index in [2.05, 4.69) is 77.0 Å². The minimum atomic E-state index is -0.132. The Bertz CT molecular complexity index is 1440. The van der Waals surface area contributed by atoms with Gasteiger partial charge in [-0.15, -0.1) is 0 Å². The van der Waals surface area contributed by atoms with E-state index in [-0.39, 0.29) is 18.0 Å². The number of anilines is 1. The summed E-state index contributed by atoms with van der Waals surface area (Å²) in [6.45, 7) is 9.12. The Kier molecular flexibility index (Phi) is 7.29. The van der Waals surface area contributed by atoms with E-state index in [1.54, 1.807) is 0 Å². The highest BCUT2D eigenvalue weighted by atomic mass is 32.1. The lowest BCUT2D eigenvalue weighted by molar-refractivity contribution is -0.116. The van der Waals surface area contributed by atoms with Crippen molar-refractivity contribution in [3.8, 4) is 5.69 Å². The van der Waals surface area contributed by atoms with E-state index >= 15 is 0 Å². The third-order valence-electron chi connectivity index (χ3n) is 7.29. The van der Waals surface area contributed by atoms with Crippen molar-refractivity contribution in [2.45, 2.75) is 46.2 Å². The Morgan fingerprint density at radius 3 is 2.37 bits per heavy atom. The van der Waals surface area contributed by atoms with Crippen LogP contribution in [0.5, 0.6) is 0 Å². The Balaban J connectivity index is 1.51. The number of hydrogen-bond acceptors (Lipinski definition) is 3. The van der Waals surface area contributed by atoms with Gasteiger partial charge in [0, 0.05) is 36.2 Å². The van der Waals surface area contributed by atoms with Crippen LogP contribution in [0.15, 0.2) is 79.0 Å². The summed E-state index contributed by atoms with van der Waals surface area (Å²) in [5.41, 5.74) is 8.89. The number of rotatable bonds is 7. The average molecular weight is 524 g/mol. The highest BCUT2D eigenvalue weighted by Crippen LogP contribution is 2.42. The maximum Gasteiger partial charge on any atom is 0.226 e. The summed E-state index contributed by atoms with van der Waals surface area (Å²) >= 11 is 5.84. The molecular weight excluding hydrogens is 490 g/mol. The van der Waals surface area contributed by atoms with Gasteiger partial charge in [0.1, 0.15) is 0 Å². The summed E-state index contributed by atoms with van der Waals surface area (Å²) in [6, 6.07) is 23.9. The van der Waals surface area contributed by atoms with Gasteiger partial charge >= 0.3 is 0 Å². The van der Waals surface area contributed by atoms with Crippen molar-refractivity contribution in [1.29, 1.82) is 0 Å². The van der Waals surface area contributed by atoms with Crippen molar-refractivity contribution in [3.63, 3.8) is 0 Å². The molecule has 3 heterocycles. The van der Waals surface area contributed by atoms with Gasteiger partial charge in [0.05, 0.1) is 23.5 Å². The molecule has 194 valence electrons. The first-order valence-corrected chi connectivity index (χ1v) is 13.3. The van der Waals surface area contributed by atoms with Gasteiger partial charge in [-0.2, -0.15) is 0 Å². The second-order valence-corrected chi connectivity index (χ2v) is 10.3. The fourth-order valence-corrected chi connectivity index (χ4v) is 5.87. The Morgan fingerprint density at radius 1 is 0.974 bits per heavy atom. The second-order valence-electron chi connectivity index (χ2n) is 9.89. The van der Waals surface area contributed by atoms with Crippen molar-refractivity contribution in [1.82, 2.24) is 19.8 Å². The van der Waals surface area contributed by atoms with Crippen LogP contribution in [-0.4, -0.2) is 32.0 Å². The van der Waals surface area contributed by atoms with Crippen molar-refractivity contribution in [3.05, 3.63) is 113 Å². The number of aromatic nitrogens is 2. The summed E-state index contributed by atoms with van der Waals surface area (Å²) in [7, 11) is 0. The molecule has 1 fully saturated rings. The number of pyridine rings is 1. The first-order valence-electron chi connectivity index (χ1n) is 12.9. The number of benzene rings is 2. The van der Waals surface area contributed by atoms with Crippen LogP contribution in [-0.2, 0) is 4.79 Å². The predicted molar refractivity (Wildman–Crippen MR) is 157 cm³/mol. The first-order chi connectivity index (χ1) is 18.3. The zero-order valence-electron chi connectivity index (χ0n) is 22.2. The molecule has 2 N–H and O–H groups in total. The van der Waals surface area contributed by atoms with Gasteiger partial charge < -0.3 is 20.1 Å². The molecule has 5 rings (SSSR count). The van der Waals surface area contributed by atoms with Gasteiger partial charge in [-0.05, 0) is 86.9 Å². The number of thiocarbonyl (C=S) groups is 1. The van der Waals surface area contributed by atoms with Crippen LogP contribution in [0, 0.1) is 27.7 Å². The number of nitrogens with one attached hydrogen (secondary N) is 2. The van der Waals surface area contributed by atoms with Gasteiger partial charge in [0.15, 0.2) is 5.11 Å². The molecule has 0 spiro atoms. The number of hydrogen-bond donors (Lipinski definition) is 2. The molecule has 1 saturated heterocycles. The van der Waals surface area contributed by atoms with Crippen LogP contribution in [0.2, 0.25) is 0 Å². The van der Waals surface area contributed by atoms with Gasteiger partial charge in [-0.25, -0.2) is 0 Å². The lowest BCUT2D eigenvalue weighted by atomic mass is 9.96. The average Bonchev–Trinajstić information content (AvgIpc) is 3.39. The summed E-state index contributed by atoms with van der Waals surface area (Å²) in [5.74, 6) is -0.0416. The predicted octanol–water partition coefficient (Wildman–Crippen LogP) is 6.11. The van der Waals surface area contributed by atoms with E-state index in [9.17, 15) is 4.79 Å². The molecule has 1 amide bonds. The highest BCUT2D eigenvalue weighted by molar-refractivity contribution is 7.80. The van der Waals surface area contributed by atoms with Crippen molar-refractivity contribution in [2.75, 3.05) is 11.9 Å². The zero-order chi connectivity index (χ0) is 26.8. The highest BCUT2D eigenvalue weighted by Gasteiger charge is 2.41. The second kappa shape index (κ2) is 10.8. The molecule has 0 bridgehead atoms. The fraction of sp³-hybridized carbons (Fsp3) is 0.258. The van der Waals surface area contributed by atoms with Crippen LogP contribution in [0.4, 0.5) is 5.69 Å². The Labute approximate surface area is 229 Å². The van der Waals surface area contributed by atoms with Gasteiger partial charge in [0.25, 0.3) is 0 Å². The number of carbonyl (C=O) groups is 1. The number of para-hydroxylation sites is 2. The van der Waals surface area contributed by atoms with Gasteiger partial charge in [0.2, 0.25) is 5.91 Å². The maximum absolute atomic E-state index is 12.8. The fourth-order valence-electron chi connectivity index (χ4n) is 5.54. The quantitative estimate of drug-likeness (QED) is 0.286. The lowest BCUT2D eigenvalue weighted by Crippen LogP contribution is -2.32. The van der Waals surface area contributed by atoms with Gasteiger partial charge in [-0.1, -0.05) is 42.5 Å². The van der Waals surface area contributed by atoms with Crippen molar-refractivity contribution >= 4 is 28.9 Å². The lowest BCUT2D eigenvalue weighted by Gasteiger charge is -2.28. The molecule has 0 unspecified atom stereocenters. The molecule has 1 aliphatic heterocycles. The third kappa shape index (κ3) is 4.94. The van der Waals surface area contributed by atoms with E-state index < -0.39 is 0 Å². The molecule has 4 aromatic rings. The smallest absolute Gasteiger partial charge is 0.226 e. The van der Waals surface area contributed by atoms with Crippen LogP contribution >= 0.6 is 12.2 Å². The normalized spacial score (nSPS) is 16.9. The minimum Gasteiger partial charge on any atom is -0.352 e. The Hall–Kier alpha value is -3.97. The SMILES string of the molecule is Cc1cccc(C)c1-n1c(C)cc([C@@H]2[C@@H](c3ccccn3)NC(=S)N2CCC(=O)Nc2ccccc2)c1C. The summed E-state index contributed by atoms with van der Waals surface area (Å²) in [4.78, 5) is 19.7. The molecular formula is C31H33N5OS. The molecule has 6 nitrogen and oxygen atoms in total. The summed E-state index contributed by atoms with van der Waals surface area (Å²) < 4.78 is 2.34. The molecule has 1 aliphatic rings. The number of carbonyl (C=O) groups excluding carboxylic acids is 1. The number of nitrogens with zero attached hydrogens (tertiary/aromatic N) is 3. The summed E-state index contributed by atoms with van der Waals surface area (Å²) in [6.07, 6.45) is 2.13. The molecule has 2 atom stereocenters. The van der Waals surface area contributed by atoms with Crippen molar-refractivity contribution in [2.24, 2.45) is 0 Å². The van der Waals surface area contributed by atoms with Crippen LogP contribution in [0.1, 0.15) is 52.3 Å². The topological polar surface area (TPSA) is 62.2 Å². The molecule has 0 radical (unpaired) electrons. The molecule has 2 aromatic heterocycles. The largest absolute Gasteiger partial charge is 0.352 e. The molecule has 2 aromatic carbocycles. The van der Waals surface area contributed by atoms with E-state index in [1.807, 2.05) is 54.7 Å². The van der Waals surface area contributed by atoms with E-state index in [4.69, 9.17) is 12.2 Å². The zero-order valence-corrected chi connectivity index (χ0v) is 23.0. The van der Waals surface area contributed by atoms with Crippen LogP contribution in [0.3, 0.4) is 0 Å². The molecule has 0 aliphatic carbocycles. The van der Waals surface area contributed by atoms with Crippen LogP contribution in [0.25, 0.3) is 5.69 Å². The number of aryl methyl sites for hydroxylation is 3. The van der Waals surface area contributed by atoms with Gasteiger partial charge in [-0.3, -0.25) is 9.78 Å². The molecule has 7 heteroatoms. The van der Waals surface area contributed by atoms with Crippen molar-refractivity contribution < 1.29 is 4.79 Å². The third-order valence-corrected chi connectivity index (χ3v) is 7.64. The summed E-state index contributed by atoms with van der Waals surface area (Å²) in [5, 5.41) is 7.14.